The second-order valence-electron chi connectivity index (χ2n) is 11.7. The Morgan fingerprint density at radius 2 is 1.47 bits per heavy atom. The second kappa shape index (κ2) is 16.3. The summed E-state index contributed by atoms with van der Waals surface area (Å²) in [6, 6.07) is 29.4. The summed E-state index contributed by atoms with van der Waals surface area (Å²) in [6.07, 6.45) is 0.977. The minimum absolute atomic E-state index is 0.0607. The summed E-state index contributed by atoms with van der Waals surface area (Å²) in [5.41, 5.74) is 3.93. The standard InChI is InChI=1S/C38H45N3O5S/c1-6-30(5)39-38(43)36(25-31-14-9-8-10-15-31)40(26-32-16-12-11-13-29(32)4)37(42)27-41(33-19-21-34(22-20-33)46-7-2)47(44,45)35-23-17-28(3)18-24-35/h8-24,30,36H,6-7,25-27H2,1-5H3,(H,39,43)/t30-,36-/m1/s1. The van der Waals surface area contributed by atoms with E-state index in [1.165, 1.54) is 4.90 Å². The van der Waals surface area contributed by atoms with Gasteiger partial charge in [-0.25, -0.2) is 8.42 Å². The van der Waals surface area contributed by atoms with E-state index in [4.69, 9.17) is 4.74 Å². The first-order valence-corrected chi connectivity index (χ1v) is 17.5. The zero-order valence-corrected chi connectivity index (χ0v) is 28.7. The van der Waals surface area contributed by atoms with Crippen molar-refractivity contribution in [3.8, 4) is 5.75 Å². The maximum atomic E-state index is 14.7. The lowest BCUT2D eigenvalue weighted by molar-refractivity contribution is -0.140. The molecule has 8 nitrogen and oxygen atoms in total. The van der Waals surface area contributed by atoms with Crippen LogP contribution in [0.1, 0.15) is 49.4 Å². The van der Waals surface area contributed by atoms with Crippen LogP contribution in [0.25, 0.3) is 0 Å². The van der Waals surface area contributed by atoms with Crippen molar-refractivity contribution in [1.29, 1.82) is 0 Å². The number of aryl methyl sites for hydroxylation is 2. The van der Waals surface area contributed by atoms with E-state index in [1.54, 1.807) is 48.5 Å². The highest BCUT2D eigenvalue weighted by atomic mass is 32.2. The quantitative estimate of drug-likeness (QED) is 0.159. The molecule has 0 aromatic heterocycles. The van der Waals surface area contributed by atoms with Crippen molar-refractivity contribution in [2.24, 2.45) is 0 Å². The Hall–Kier alpha value is -4.63. The molecule has 0 bridgehead atoms. The van der Waals surface area contributed by atoms with Crippen LogP contribution in [0.2, 0.25) is 0 Å². The molecular weight excluding hydrogens is 611 g/mol. The average Bonchev–Trinajstić information content (AvgIpc) is 3.07. The van der Waals surface area contributed by atoms with Gasteiger partial charge in [0.2, 0.25) is 11.8 Å². The smallest absolute Gasteiger partial charge is 0.264 e. The fraction of sp³-hybridized carbons (Fsp3) is 0.316. The molecule has 4 rings (SSSR count). The molecule has 47 heavy (non-hydrogen) atoms. The summed E-state index contributed by atoms with van der Waals surface area (Å²) in [5, 5.41) is 3.07. The predicted octanol–water partition coefficient (Wildman–Crippen LogP) is 6.45. The Morgan fingerprint density at radius 3 is 2.09 bits per heavy atom. The molecule has 0 radical (unpaired) electrons. The molecule has 4 aromatic rings. The second-order valence-corrected chi connectivity index (χ2v) is 13.6. The van der Waals surface area contributed by atoms with Gasteiger partial charge in [0.15, 0.2) is 0 Å². The third kappa shape index (κ3) is 9.23. The number of anilines is 1. The van der Waals surface area contributed by atoms with Gasteiger partial charge in [0.1, 0.15) is 18.3 Å². The Bertz CT molecular complexity index is 1730. The van der Waals surface area contributed by atoms with Gasteiger partial charge in [-0.05, 0) is 87.2 Å². The molecule has 0 fully saturated rings. The normalized spacial score (nSPS) is 12.5. The van der Waals surface area contributed by atoms with Crippen molar-refractivity contribution < 1.29 is 22.7 Å². The van der Waals surface area contributed by atoms with Crippen LogP contribution in [-0.4, -0.2) is 50.4 Å². The lowest BCUT2D eigenvalue weighted by Gasteiger charge is -2.34. The topological polar surface area (TPSA) is 96.0 Å². The number of nitrogens with one attached hydrogen (secondary N) is 1. The van der Waals surface area contributed by atoms with E-state index in [-0.39, 0.29) is 29.8 Å². The average molecular weight is 656 g/mol. The van der Waals surface area contributed by atoms with E-state index >= 15 is 0 Å². The first-order valence-electron chi connectivity index (χ1n) is 16.0. The van der Waals surface area contributed by atoms with Crippen LogP contribution in [-0.2, 0) is 32.6 Å². The van der Waals surface area contributed by atoms with E-state index in [2.05, 4.69) is 5.32 Å². The summed E-state index contributed by atoms with van der Waals surface area (Å²) in [4.78, 5) is 30.2. The molecule has 0 aliphatic carbocycles. The summed E-state index contributed by atoms with van der Waals surface area (Å²) in [5.74, 6) is -0.210. The maximum Gasteiger partial charge on any atom is 0.264 e. The molecule has 2 atom stereocenters. The first kappa shape index (κ1) is 35.2. The third-order valence-electron chi connectivity index (χ3n) is 8.20. The van der Waals surface area contributed by atoms with Gasteiger partial charge < -0.3 is 15.0 Å². The van der Waals surface area contributed by atoms with Crippen LogP contribution in [0.5, 0.6) is 5.75 Å². The van der Waals surface area contributed by atoms with Crippen LogP contribution in [0.3, 0.4) is 0 Å². The number of rotatable bonds is 15. The Balaban J connectivity index is 1.81. The van der Waals surface area contributed by atoms with E-state index in [0.29, 0.717) is 18.0 Å². The third-order valence-corrected chi connectivity index (χ3v) is 9.99. The van der Waals surface area contributed by atoms with Gasteiger partial charge in [0.05, 0.1) is 17.2 Å². The van der Waals surface area contributed by atoms with E-state index in [0.717, 1.165) is 33.0 Å². The number of sulfonamides is 1. The van der Waals surface area contributed by atoms with Gasteiger partial charge in [0.25, 0.3) is 10.0 Å². The SMILES string of the molecule is CCOc1ccc(N(CC(=O)N(Cc2ccccc2C)[C@H](Cc2ccccc2)C(=O)N[C@H](C)CC)S(=O)(=O)c2ccc(C)cc2)cc1. The van der Waals surface area contributed by atoms with Crippen molar-refractivity contribution in [1.82, 2.24) is 10.2 Å². The molecule has 0 saturated heterocycles. The fourth-order valence-electron chi connectivity index (χ4n) is 5.21. The molecule has 0 aliphatic heterocycles. The molecule has 0 heterocycles. The van der Waals surface area contributed by atoms with Gasteiger partial charge in [0, 0.05) is 19.0 Å². The van der Waals surface area contributed by atoms with Gasteiger partial charge in [-0.2, -0.15) is 0 Å². The van der Waals surface area contributed by atoms with Crippen molar-refractivity contribution in [2.75, 3.05) is 17.5 Å². The minimum atomic E-state index is -4.19. The zero-order chi connectivity index (χ0) is 34.0. The highest BCUT2D eigenvalue weighted by molar-refractivity contribution is 7.92. The van der Waals surface area contributed by atoms with Crippen molar-refractivity contribution in [3.05, 3.63) is 125 Å². The Morgan fingerprint density at radius 1 is 0.830 bits per heavy atom. The van der Waals surface area contributed by atoms with Gasteiger partial charge in [-0.15, -0.1) is 0 Å². The van der Waals surface area contributed by atoms with Crippen molar-refractivity contribution in [3.63, 3.8) is 0 Å². The number of nitrogens with zero attached hydrogens (tertiary/aromatic N) is 2. The lowest BCUT2D eigenvalue weighted by atomic mass is 10.0. The van der Waals surface area contributed by atoms with E-state index < -0.39 is 28.5 Å². The molecule has 4 aromatic carbocycles. The number of amides is 2. The molecule has 0 spiro atoms. The summed E-state index contributed by atoms with van der Waals surface area (Å²) < 4.78 is 35.2. The van der Waals surface area contributed by atoms with Crippen LogP contribution in [0, 0.1) is 13.8 Å². The Labute approximate surface area is 279 Å². The molecule has 0 unspecified atom stereocenters. The summed E-state index contributed by atoms with van der Waals surface area (Å²) in [6.45, 7) is 9.68. The highest BCUT2D eigenvalue weighted by Crippen LogP contribution is 2.27. The number of ether oxygens (including phenoxy) is 1. The largest absolute Gasteiger partial charge is 0.494 e. The Kier molecular flexibility index (Phi) is 12.2. The molecule has 9 heteroatoms. The number of carbonyl (C=O) groups is 2. The van der Waals surface area contributed by atoms with E-state index in [1.807, 2.05) is 89.2 Å². The molecule has 0 saturated carbocycles. The van der Waals surface area contributed by atoms with Crippen molar-refractivity contribution in [2.45, 2.75) is 71.0 Å². The maximum absolute atomic E-state index is 14.7. The van der Waals surface area contributed by atoms with Crippen molar-refractivity contribution >= 4 is 27.5 Å². The van der Waals surface area contributed by atoms with Gasteiger partial charge >= 0.3 is 0 Å². The van der Waals surface area contributed by atoms with Crippen LogP contribution in [0.15, 0.2) is 108 Å². The van der Waals surface area contributed by atoms with Crippen LogP contribution in [0.4, 0.5) is 5.69 Å². The van der Waals surface area contributed by atoms with Crippen LogP contribution >= 0.6 is 0 Å². The monoisotopic (exact) mass is 655 g/mol. The first-order chi connectivity index (χ1) is 22.5. The number of benzene rings is 4. The number of hydrogen-bond acceptors (Lipinski definition) is 5. The lowest BCUT2D eigenvalue weighted by Crippen LogP contribution is -2.54. The highest BCUT2D eigenvalue weighted by Gasteiger charge is 2.35. The molecule has 1 N–H and O–H groups in total. The van der Waals surface area contributed by atoms with Gasteiger partial charge in [-0.3, -0.25) is 13.9 Å². The predicted molar refractivity (Wildman–Crippen MR) is 187 cm³/mol. The van der Waals surface area contributed by atoms with Crippen LogP contribution < -0.4 is 14.4 Å². The fourth-order valence-corrected chi connectivity index (χ4v) is 6.62. The minimum Gasteiger partial charge on any atom is -0.494 e. The zero-order valence-electron chi connectivity index (χ0n) is 27.8. The van der Waals surface area contributed by atoms with Gasteiger partial charge in [-0.1, -0.05) is 79.2 Å². The number of carbonyl (C=O) groups excluding carboxylic acids is 2. The number of hydrogen-bond donors (Lipinski definition) is 1. The molecular formula is C38H45N3O5S. The molecule has 0 aliphatic rings. The molecule has 248 valence electrons. The van der Waals surface area contributed by atoms with E-state index in [9.17, 15) is 18.0 Å². The summed E-state index contributed by atoms with van der Waals surface area (Å²) in [7, 11) is -4.19. The molecule has 2 amide bonds. The summed E-state index contributed by atoms with van der Waals surface area (Å²) >= 11 is 0.